The van der Waals surface area contributed by atoms with E-state index in [9.17, 15) is 13.5 Å². The summed E-state index contributed by atoms with van der Waals surface area (Å²) in [5.74, 6) is 0.123. The minimum Gasteiger partial charge on any atom is -0.508 e. The zero-order valence-electron chi connectivity index (χ0n) is 11.7. The third-order valence-electron chi connectivity index (χ3n) is 2.98. The van der Waals surface area contributed by atoms with E-state index in [4.69, 9.17) is 0 Å². The Balaban J connectivity index is 3.00. The molecule has 0 spiro atoms. The molecule has 19 heavy (non-hydrogen) atoms. The van der Waals surface area contributed by atoms with Gasteiger partial charge in [-0.1, -0.05) is 32.0 Å². The van der Waals surface area contributed by atoms with Crippen molar-refractivity contribution < 1.29 is 13.5 Å². The Kier molecular flexibility index (Phi) is 5.78. The molecular formula is C13H22N2O3S. The number of nitrogens with zero attached hydrogens (tertiary/aromatic N) is 2. The van der Waals surface area contributed by atoms with Crippen molar-refractivity contribution in [2.45, 2.75) is 26.8 Å². The van der Waals surface area contributed by atoms with Crippen molar-refractivity contribution in [3.05, 3.63) is 29.8 Å². The van der Waals surface area contributed by atoms with Gasteiger partial charge in [-0.25, -0.2) is 0 Å². The van der Waals surface area contributed by atoms with Crippen LogP contribution in [0.5, 0.6) is 5.75 Å². The molecular weight excluding hydrogens is 264 g/mol. The zero-order valence-corrected chi connectivity index (χ0v) is 12.5. The van der Waals surface area contributed by atoms with Crippen molar-refractivity contribution in [3.63, 3.8) is 0 Å². The Morgan fingerprint density at radius 1 is 1.21 bits per heavy atom. The van der Waals surface area contributed by atoms with E-state index in [-0.39, 0.29) is 12.3 Å². The van der Waals surface area contributed by atoms with E-state index in [2.05, 4.69) is 0 Å². The first-order valence-electron chi connectivity index (χ1n) is 6.41. The van der Waals surface area contributed by atoms with Crippen molar-refractivity contribution in [3.8, 4) is 5.75 Å². The third kappa shape index (κ3) is 3.92. The largest absolute Gasteiger partial charge is 0.508 e. The predicted molar refractivity (Wildman–Crippen MR) is 76.0 cm³/mol. The molecule has 0 aliphatic rings. The highest BCUT2D eigenvalue weighted by Crippen LogP contribution is 2.20. The molecule has 0 bridgehead atoms. The molecule has 1 N–H and O–H groups in total. The van der Waals surface area contributed by atoms with Gasteiger partial charge in [-0.3, -0.25) is 0 Å². The Bertz CT molecular complexity index is 502. The maximum atomic E-state index is 12.3. The van der Waals surface area contributed by atoms with Crippen molar-refractivity contribution in [1.29, 1.82) is 0 Å². The van der Waals surface area contributed by atoms with Crippen molar-refractivity contribution in [2.24, 2.45) is 0 Å². The van der Waals surface area contributed by atoms with Crippen LogP contribution in [0.25, 0.3) is 0 Å². The van der Waals surface area contributed by atoms with Crippen molar-refractivity contribution in [2.75, 3.05) is 20.1 Å². The molecule has 0 heterocycles. The molecule has 0 aromatic heterocycles. The third-order valence-corrected chi connectivity index (χ3v) is 4.99. The van der Waals surface area contributed by atoms with Crippen LogP contribution in [0.15, 0.2) is 24.3 Å². The molecule has 0 atom stereocenters. The van der Waals surface area contributed by atoms with Gasteiger partial charge in [0.25, 0.3) is 10.2 Å². The maximum Gasteiger partial charge on any atom is 0.282 e. The summed E-state index contributed by atoms with van der Waals surface area (Å²) in [4.78, 5) is 0. The molecule has 0 radical (unpaired) electrons. The lowest BCUT2D eigenvalue weighted by atomic mass is 10.2. The fraction of sp³-hybridized carbons (Fsp3) is 0.538. The van der Waals surface area contributed by atoms with Gasteiger partial charge >= 0.3 is 0 Å². The molecule has 0 fully saturated rings. The van der Waals surface area contributed by atoms with E-state index in [1.165, 1.54) is 8.61 Å². The Hall–Kier alpha value is -1.11. The number of hydrogen-bond acceptors (Lipinski definition) is 3. The first-order valence-corrected chi connectivity index (χ1v) is 7.81. The molecule has 0 aliphatic carbocycles. The van der Waals surface area contributed by atoms with Crippen LogP contribution < -0.4 is 0 Å². The molecule has 6 heteroatoms. The lowest BCUT2D eigenvalue weighted by Gasteiger charge is -2.26. The minimum atomic E-state index is -3.47. The van der Waals surface area contributed by atoms with Crippen LogP contribution in [0.4, 0.5) is 0 Å². The molecule has 0 unspecified atom stereocenters. The topological polar surface area (TPSA) is 60.9 Å². The fourth-order valence-corrected chi connectivity index (χ4v) is 3.16. The summed E-state index contributed by atoms with van der Waals surface area (Å²) < 4.78 is 27.4. The fourth-order valence-electron chi connectivity index (χ4n) is 1.72. The van der Waals surface area contributed by atoms with Gasteiger partial charge in [0.1, 0.15) is 5.75 Å². The zero-order chi connectivity index (χ0) is 14.5. The van der Waals surface area contributed by atoms with Gasteiger partial charge in [-0.2, -0.15) is 17.0 Å². The normalized spacial score (nSPS) is 12.3. The monoisotopic (exact) mass is 286 g/mol. The Labute approximate surface area is 115 Å². The lowest BCUT2D eigenvalue weighted by Crippen LogP contribution is -2.41. The number of aromatic hydroxyl groups is 1. The number of benzene rings is 1. The van der Waals surface area contributed by atoms with Gasteiger partial charge in [0.2, 0.25) is 0 Å². The summed E-state index contributed by atoms with van der Waals surface area (Å²) in [6, 6.07) is 6.81. The maximum absolute atomic E-state index is 12.3. The second-order valence-corrected chi connectivity index (χ2v) is 6.42. The minimum absolute atomic E-state index is 0.123. The van der Waals surface area contributed by atoms with Crippen LogP contribution >= 0.6 is 0 Å². The molecule has 5 nitrogen and oxygen atoms in total. The number of hydrogen-bond donors (Lipinski definition) is 1. The average molecular weight is 286 g/mol. The van der Waals surface area contributed by atoms with Crippen LogP contribution in [0.3, 0.4) is 0 Å². The van der Waals surface area contributed by atoms with Gasteiger partial charge < -0.3 is 5.11 Å². The van der Waals surface area contributed by atoms with Gasteiger partial charge in [-0.05, 0) is 12.5 Å². The summed E-state index contributed by atoms with van der Waals surface area (Å²) in [6.45, 7) is 4.76. The predicted octanol–water partition coefficient (Wildman–Crippen LogP) is 1.80. The number of phenolic OH excluding ortho intramolecular Hbond substituents is 1. The van der Waals surface area contributed by atoms with Crippen LogP contribution in [-0.2, 0) is 16.8 Å². The van der Waals surface area contributed by atoms with Crippen LogP contribution in [0.2, 0.25) is 0 Å². The Morgan fingerprint density at radius 2 is 1.84 bits per heavy atom. The summed E-state index contributed by atoms with van der Waals surface area (Å²) in [6.07, 6.45) is 0.727. The summed E-state index contributed by atoms with van der Waals surface area (Å²) in [5.41, 5.74) is 0.615. The molecule has 0 saturated heterocycles. The van der Waals surface area contributed by atoms with Crippen molar-refractivity contribution in [1.82, 2.24) is 8.61 Å². The lowest BCUT2D eigenvalue weighted by molar-refractivity contribution is 0.353. The second-order valence-electron chi connectivity index (χ2n) is 4.38. The standard InChI is InChI=1S/C13H22N2O3S/c1-4-10-15(19(17,18)14(3)5-2)11-12-8-6-7-9-13(12)16/h6-9,16H,4-5,10-11H2,1-3H3. The average Bonchev–Trinajstić information content (AvgIpc) is 2.39. The first-order chi connectivity index (χ1) is 8.93. The molecule has 0 saturated carbocycles. The van der Waals surface area contributed by atoms with Gasteiger partial charge in [0.05, 0.1) is 0 Å². The quantitative estimate of drug-likeness (QED) is 0.831. The number of phenols is 1. The molecule has 0 amide bonds. The molecule has 1 aromatic rings. The van der Waals surface area contributed by atoms with E-state index >= 15 is 0 Å². The van der Waals surface area contributed by atoms with Crippen LogP contribution in [0, 0.1) is 0 Å². The molecule has 0 aliphatic heterocycles. The van der Waals surface area contributed by atoms with E-state index in [1.54, 1.807) is 38.2 Å². The Morgan fingerprint density at radius 3 is 2.37 bits per heavy atom. The van der Waals surface area contributed by atoms with E-state index in [1.807, 2.05) is 6.92 Å². The van der Waals surface area contributed by atoms with E-state index in [0.717, 1.165) is 6.42 Å². The highest BCUT2D eigenvalue weighted by atomic mass is 32.2. The summed E-state index contributed by atoms with van der Waals surface area (Å²) in [7, 11) is -1.91. The van der Waals surface area contributed by atoms with Crippen LogP contribution in [-0.4, -0.2) is 42.3 Å². The highest BCUT2D eigenvalue weighted by molar-refractivity contribution is 7.86. The molecule has 108 valence electrons. The summed E-state index contributed by atoms with van der Waals surface area (Å²) in [5, 5.41) is 9.75. The van der Waals surface area contributed by atoms with Gasteiger partial charge in [-0.15, -0.1) is 0 Å². The smallest absolute Gasteiger partial charge is 0.282 e. The van der Waals surface area contributed by atoms with Gasteiger partial charge in [0, 0.05) is 32.2 Å². The molecule has 1 rings (SSSR count). The highest BCUT2D eigenvalue weighted by Gasteiger charge is 2.25. The SMILES string of the molecule is CCCN(Cc1ccccc1O)S(=O)(=O)N(C)CC. The first kappa shape index (κ1) is 15.9. The van der Waals surface area contributed by atoms with E-state index in [0.29, 0.717) is 18.7 Å². The second kappa shape index (κ2) is 6.88. The number of para-hydroxylation sites is 1. The van der Waals surface area contributed by atoms with Crippen LogP contribution in [0.1, 0.15) is 25.8 Å². The van der Waals surface area contributed by atoms with E-state index < -0.39 is 10.2 Å². The van der Waals surface area contributed by atoms with Crippen molar-refractivity contribution >= 4 is 10.2 Å². The summed E-state index contributed by atoms with van der Waals surface area (Å²) >= 11 is 0. The van der Waals surface area contributed by atoms with Gasteiger partial charge in [0.15, 0.2) is 0 Å². The number of rotatable bonds is 7. The molecule has 1 aromatic carbocycles.